The number of hydrogen-bond donors (Lipinski definition) is 3. The Morgan fingerprint density at radius 1 is 1.35 bits per heavy atom. The summed E-state index contributed by atoms with van der Waals surface area (Å²) in [6.07, 6.45) is 0.0497. The monoisotopic (exact) mass is 245 g/mol. The number of carbonyl (C=O) groups is 3. The van der Waals surface area contributed by atoms with Crippen LogP contribution < -0.4 is 11.1 Å². The lowest BCUT2D eigenvalue weighted by Crippen LogP contribution is -2.45. The second kappa shape index (κ2) is 6.72. The van der Waals surface area contributed by atoms with Crippen molar-refractivity contribution >= 4 is 17.9 Å². The molecule has 0 aromatic heterocycles. The van der Waals surface area contributed by atoms with Crippen molar-refractivity contribution in [3.63, 3.8) is 0 Å². The number of primary amides is 1. The van der Waals surface area contributed by atoms with Crippen molar-refractivity contribution in [3.8, 4) is 0 Å². The summed E-state index contributed by atoms with van der Waals surface area (Å²) < 4.78 is 0. The predicted molar refractivity (Wildman–Crippen MR) is 61.2 cm³/mol. The number of nitrogens with zero attached hydrogens (tertiary/aromatic N) is 1. The topological polar surface area (TPSA) is 113 Å². The molecule has 0 aliphatic carbocycles. The Morgan fingerprint density at radius 2 is 1.88 bits per heavy atom. The van der Waals surface area contributed by atoms with Gasteiger partial charge in [-0.3, -0.25) is 9.59 Å². The Morgan fingerprint density at radius 3 is 2.29 bits per heavy atom. The van der Waals surface area contributed by atoms with Crippen LogP contribution >= 0.6 is 0 Å². The predicted octanol–water partition coefficient (Wildman–Crippen LogP) is -0.388. The van der Waals surface area contributed by atoms with Crippen LogP contribution in [0.15, 0.2) is 0 Å². The molecule has 0 bridgehead atoms. The fourth-order valence-electron chi connectivity index (χ4n) is 1.25. The molecule has 3 amide bonds. The molecule has 0 radical (unpaired) electrons. The van der Waals surface area contributed by atoms with Crippen LogP contribution in [0.3, 0.4) is 0 Å². The number of urea groups is 1. The van der Waals surface area contributed by atoms with Crippen molar-refractivity contribution < 1.29 is 19.5 Å². The molecule has 0 heterocycles. The highest BCUT2D eigenvalue weighted by atomic mass is 16.4. The lowest BCUT2D eigenvalue weighted by molar-refractivity contribution is -0.141. The van der Waals surface area contributed by atoms with Gasteiger partial charge in [0, 0.05) is 26.1 Å². The molecular formula is C10H19N3O4. The number of nitrogens with two attached hydrogens (primary N) is 1. The van der Waals surface area contributed by atoms with Crippen LogP contribution in [0.4, 0.5) is 4.79 Å². The Labute approximate surface area is 100.0 Å². The van der Waals surface area contributed by atoms with Gasteiger partial charge < -0.3 is 21.1 Å². The molecule has 0 saturated heterocycles. The fraction of sp³-hybridized carbons (Fsp3) is 0.700. The number of nitrogens with one attached hydrogen (secondary N) is 1. The highest BCUT2D eigenvalue weighted by Crippen LogP contribution is 1.99. The second-order valence-electron chi connectivity index (χ2n) is 4.14. The summed E-state index contributed by atoms with van der Waals surface area (Å²) in [7, 11) is 1.49. The van der Waals surface area contributed by atoms with E-state index in [0.29, 0.717) is 0 Å². The van der Waals surface area contributed by atoms with Gasteiger partial charge in [0.05, 0.1) is 5.92 Å². The summed E-state index contributed by atoms with van der Waals surface area (Å²) >= 11 is 0. The molecule has 7 heteroatoms. The Kier molecular flexibility index (Phi) is 6.01. The van der Waals surface area contributed by atoms with Crippen LogP contribution in [-0.4, -0.2) is 47.5 Å². The maximum absolute atomic E-state index is 11.6. The number of carboxylic acid groups (broad SMARTS) is 1. The molecule has 0 saturated carbocycles. The Bertz CT molecular complexity index is 306. The van der Waals surface area contributed by atoms with Crippen LogP contribution in [0.25, 0.3) is 0 Å². The highest BCUT2D eigenvalue weighted by Gasteiger charge is 2.18. The number of carboxylic acids is 1. The Balaban J connectivity index is 4.13. The van der Waals surface area contributed by atoms with Gasteiger partial charge in [-0.05, 0) is 6.92 Å². The third-order valence-electron chi connectivity index (χ3n) is 2.19. The van der Waals surface area contributed by atoms with Gasteiger partial charge >= 0.3 is 12.0 Å². The van der Waals surface area contributed by atoms with Gasteiger partial charge in [0.2, 0.25) is 5.91 Å². The number of hydrogen-bond acceptors (Lipinski definition) is 3. The number of aliphatic carboxylic acids is 1. The van der Waals surface area contributed by atoms with Crippen LogP contribution in [0.5, 0.6) is 0 Å². The molecule has 0 fully saturated rings. The summed E-state index contributed by atoms with van der Waals surface area (Å²) in [5, 5.41) is 11.2. The molecule has 0 rings (SSSR count). The van der Waals surface area contributed by atoms with E-state index >= 15 is 0 Å². The molecule has 7 nitrogen and oxygen atoms in total. The standard InChI is InChI=1S/C10H19N3O4/c1-6(9(15)16)5-13(3)10(17)12-7(2)4-8(11)14/h6-7H,4-5H2,1-3H3,(H2,11,14)(H,12,17)(H,15,16). The van der Waals surface area contributed by atoms with Crippen molar-refractivity contribution in [1.82, 2.24) is 10.2 Å². The lowest BCUT2D eigenvalue weighted by Gasteiger charge is -2.22. The molecule has 17 heavy (non-hydrogen) atoms. The average molecular weight is 245 g/mol. The summed E-state index contributed by atoms with van der Waals surface area (Å²) in [6.45, 7) is 3.26. The van der Waals surface area contributed by atoms with E-state index in [9.17, 15) is 14.4 Å². The number of carbonyl (C=O) groups excluding carboxylic acids is 2. The van der Waals surface area contributed by atoms with E-state index in [1.807, 2.05) is 0 Å². The van der Waals surface area contributed by atoms with Crippen molar-refractivity contribution in [2.24, 2.45) is 11.7 Å². The summed E-state index contributed by atoms with van der Waals surface area (Å²) in [5.74, 6) is -2.11. The average Bonchev–Trinajstić information content (AvgIpc) is 2.15. The molecule has 0 aliphatic rings. The van der Waals surface area contributed by atoms with E-state index in [4.69, 9.17) is 10.8 Å². The van der Waals surface area contributed by atoms with Gasteiger partial charge in [0.25, 0.3) is 0 Å². The second-order valence-corrected chi connectivity index (χ2v) is 4.14. The molecule has 0 spiro atoms. The summed E-state index contributed by atoms with van der Waals surface area (Å²) in [4.78, 5) is 34.0. The van der Waals surface area contributed by atoms with E-state index in [2.05, 4.69) is 5.32 Å². The molecule has 2 atom stereocenters. The first kappa shape index (κ1) is 15.2. The smallest absolute Gasteiger partial charge is 0.317 e. The summed E-state index contributed by atoms with van der Waals surface area (Å²) in [6, 6.07) is -0.797. The van der Waals surface area contributed by atoms with Crippen LogP contribution in [-0.2, 0) is 9.59 Å². The fourth-order valence-corrected chi connectivity index (χ4v) is 1.25. The first-order chi connectivity index (χ1) is 7.73. The lowest BCUT2D eigenvalue weighted by atomic mass is 10.2. The molecular weight excluding hydrogens is 226 g/mol. The highest BCUT2D eigenvalue weighted by molar-refractivity contribution is 5.78. The summed E-state index contributed by atoms with van der Waals surface area (Å²) in [5.41, 5.74) is 4.98. The molecule has 4 N–H and O–H groups in total. The van der Waals surface area contributed by atoms with E-state index in [0.717, 1.165) is 0 Å². The van der Waals surface area contributed by atoms with Gasteiger partial charge in [-0.25, -0.2) is 4.79 Å². The van der Waals surface area contributed by atoms with E-state index in [-0.39, 0.29) is 19.0 Å². The van der Waals surface area contributed by atoms with Crippen LogP contribution in [0.1, 0.15) is 20.3 Å². The maximum Gasteiger partial charge on any atom is 0.317 e. The number of amides is 3. The minimum absolute atomic E-state index is 0.0497. The molecule has 98 valence electrons. The SMILES string of the molecule is CC(CC(N)=O)NC(=O)N(C)CC(C)C(=O)O. The largest absolute Gasteiger partial charge is 0.481 e. The van der Waals surface area contributed by atoms with Crippen molar-refractivity contribution in [1.29, 1.82) is 0 Å². The first-order valence-corrected chi connectivity index (χ1v) is 5.26. The quantitative estimate of drug-likeness (QED) is 0.591. The van der Waals surface area contributed by atoms with Gasteiger partial charge in [-0.2, -0.15) is 0 Å². The molecule has 0 aromatic rings. The molecule has 0 aliphatic heterocycles. The zero-order valence-electron chi connectivity index (χ0n) is 10.3. The van der Waals surface area contributed by atoms with Crippen molar-refractivity contribution in [2.45, 2.75) is 26.3 Å². The van der Waals surface area contributed by atoms with Crippen molar-refractivity contribution in [3.05, 3.63) is 0 Å². The van der Waals surface area contributed by atoms with Gasteiger partial charge in [-0.15, -0.1) is 0 Å². The third-order valence-corrected chi connectivity index (χ3v) is 2.19. The van der Waals surface area contributed by atoms with E-state index in [1.54, 1.807) is 6.92 Å². The van der Waals surface area contributed by atoms with Gasteiger partial charge in [0.1, 0.15) is 0 Å². The minimum Gasteiger partial charge on any atom is -0.481 e. The normalized spacial score (nSPS) is 13.6. The first-order valence-electron chi connectivity index (χ1n) is 5.26. The van der Waals surface area contributed by atoms with Crippen LogP contribution in [0.2, 0.25) is 0 Å². The number of rotatable bonds is 6. The Hall–Kier alpha value is -1.79. The zero-order valence-corrected chi connectivity index (χ0v) is 10.3. The molecule has 0 aromatic carbocycles. The third kappa shape index (κ3) is 6.39. The maximum atomic E-state index is 11.6. The minimum atomic E-state index is -0.963. The van der Waals surface area contributed by atoms with E-state index < -0.39 is 23.8 Å². The van der Waals surface area contributed by atoms with Crippen molar-refractivity contribution in [2.75, 3.05) is 13.6 Å². The van der Waals surface area contributed by atoms with E-state index in [1.165, 1.54) is 18.9 Å². The molecule has 2 unspecified atom stereocenters. The van der Waals surface area contributed by atoms with Gasteiger partial charge in [0.15, 0.2) is 0 Å². The van der Waals surface area contributed by atoms with Crippen LogP contribution in [0, 0.1) is 5.92 Å². The zero-order chi connectivity index (χ0) is 13.6. The van der Waals surface area contributed by atoms with Gasteiger partial charge in [-0.1, -0.05) is 6.92 Å².